The first kappa shape index (κ1) is 46.2. The van der Waals surface area contributed by atoms with E-state index in [0.717, 1.165) is 16.7 Å². The van der Waals surface area contributed by atoms with Gasteiger partial charge >= 0.3 is 0 Å². The molecular formula is C47H58N7O7P. The maximum absolute atomic E-state index is 12.8. The van der Waals surface area contributed by atoms with E-state index in [0.29, 0.717) is 34.8 Å². The highest BCUT2D eigenvalue weighted by Gasteiger charge is 2.45. The molecule has 1 aliphatic heterocycles. The summed E-state index contributed by atoms with van der Waals surface area (Å²) in [6.45, 7) is 14.2. The summed E-state index contributed by atoms with van der Waals surface area (Å²) in [6, 6.07) is 28.2. The lowest BCUT2D eigenvalue weighted by Gasteiger charge is -2.39. The number of anilines is 1. The number of benzene rings is 3. The van der Waals surface area contributed by atoms with Gasteiger partial charge in [-0.3, -0.25) is 14.7 Å². The zero-order valence-corrected chi connectivity index (χ0v) is 37.9. The highest BCUT2D eigenvalue weighted by molar-refractivity contribution is 7.44. The summed E-state index contributed by atoms with van der Waals surface area (Å²) >= 11 is 0. The Kier molecular flexibility index (Phi) is 15.8. The van der Waals surface area contributed by atoms with Gasteiger partial charge in [-0.2, -0.15) is 10.2 Å². The van der Waals surface area contributed by atoms with E-state index >= 15 is 0 Å². The van der Waals surface area contributed by atoms with Crippen molar-refractivity contribution in [3.05, 3.63) is 114 Å². The molecule has 1 amide bonds. The number of rotatable bonds is 20. The van der Waals surface area contributed by atoms with Crippen molar-refractivity contribution >= 4 is 37.6 Å². The average molecular weight is 864 g/mol. The third kappa shape index (κ3) is 10.3. The number of nitrogens with one attached hydrogen (secondary N) is 1. The number of fused-ring (bicyclic) bond motifs is 1. The highest BCUT2D eigenvalue weighted by Crippen LogP contribution is 2.51. The summed E-state index contributed by atoms with van der Waals surface area (Å²) in [7, 11) is 1.62. The summed E-state index contributed by atoms with van der Waals surface area (Å²) in [5.41, 5.74) is 3.14. The van der Waals surface area contributed by atoms with Gasteiger partial charge < -0.3 is 28.0 Å². The number of imidazole rings is 1. The van der Waals surface area contributed by atoms with Crippen LogP contribution in [0.4, 0.5) is 5.95 Å². The van der Waals surface area contributed by atoms with Crippen LogP contribution in [0.2, 0.25) is 0 Å². The van der Waals surface area contributed by atoms with E-state index in [1.54, 1.807) is 20.5 Å². The third-order valence-corrected chi connectivity index (χ3v) is 12.7. The molecule has 1 aliphatic rings. The largest absolute Gasteiger partial charge is 0.497 e. The molecule has 0 aliphatic carbocycles. The van der Waals surface area contributed by atoms with Crippen LogP contribution in [0.5, 0.6) is 11.5 Å². The summed E-state index contributed by atoms with van der Waals surface area (Å²) in [5.74, 6) is 1.12. The monoisotopic (exact) mass is 863 g/mol. The molecule has 5 aromatic rings. The molecule has 2 aromatic heterocycles. The quantitative estimate of drug-likeness (QED) is 0.0450. The Hall–Kier alpha value is -5.26. The smallest absolute Gasteiger partial charge is 0.259 e. The molecule has 1 N–H and O–H groups in total. The first-order valence-electron chi connectivity index (χ1n) is 21.0. The third-order valence-electron chi connectivity index (χ3n) is 10.5. The maximum atomic E-state index is 12.8. The highest BCUT2D eigenvalue weighted by atomic mass is 31.2. The standard InChI is InChI=1S/C47H58N7O7P/c1-10-15-39-43-44(51-46(50-39)52-45(55)31(2)3)53(30-49-43)42-28-40(61-62(59-27-14-26-48)54(32(4)5)33(6)7)41(60-42)29-58-47(34-16-12-11-13-17-34,35-18-22-37(56-8)23-19-35)36-20-24-38(57-9)25-21-36/h10-13,15-25,30-33,40-42H,14,27-29H2,1-9H3,(H,50,51,52,55)/b15-10+/t40-,41+,42+,62?/m0/s1. The molecule has 4 atom stereocenters. The molecule has 0 bridgehead atoms. The molecule has 0 radical (unpaired) electrons. The molecule has 3 heterocycles. The lowest BCUT2D eigenvalue weighted by Crippen LogP contribution is -2.39. The van der Waals surface area contributed by atoms with Gasteiger partial charge in [-0.25, -0.2) is 14.6 Å². The second kappa shape index (κ2) is 21.2. The first-order valence-corrected chi connectivity index (χ1v) is 22.1. The van der Waals surface area contributed by atoms with Crippen LogP contribution in [-0.4, -0.2) is 81.8 Å². The van der Waals surface area contributed by atoms with Crippen LogP contribution in [0.3, 0.4) is 0 Å². The van der Waals surface area contributed by atoms with E-state index in [9.17, 15) is 10.1 Å². The normalized spacial score (nSPS) is 17.4. The number of aromatic nitrogens is 4. The number of ether oxygens (including phenoxy) is 4. The number of carbonyl (C=O) groups excluding carboxylic acids is 1. The molecule has 62 heavy (non-hydrogen) atoms. The Morgan fingerprint density at radius 1 is 0.952 bits per heavy atom. The molecule has 328 valence electrons. The van der Waals surface area contributed by atoms with Crippen LogP contribution < -0.4 is 14.8 Å². The van der Waals surface area contributed by atoms with Gasteiger partial charge in [0, 0.05) is 24.4 Å². The minimum atomic E-state index is -1.66. The predicted molar refractivity (Wildman–Crippen MR) is 240 cm³/mol. The molecule has 15 heteroatoms. The summed E-state index contributed by atoms with van der Waals surface area (Å²) in [5, 5.41) is 12.3. The Morgan fingerprint density at radius 2 is 1.56 bits per heavy atom. The van der Waals surface area contributed by atoms with Crippen LogP contribution >= 0.6 is 8.53 Å². The van der Waals surface area contributed by atoms with E-state index in [4.69, 9.17) is 38.0 Å². The molecular weight excluding hydrogens is 806 g/mol. The number of nitrogens with zero attached hydrogens (tertiary/aromatic N) is 6. The Bertz CT molecular complexity index is 2240. The SMILES string of the molecule is C/C=C/c1nc(NC(=O)C(C)C)nc2c1ncn2[C@H]1C[C@H](OP(OCCC#N)N(C(C)C)C(C)C)[C@@H](COC(c2ccccc2)(c2ccc(OC)cc2)c2ccc(OC)cc2)O1. The van der Waals surface area contributed by atoms with Crippen LogP contribution in [-0.2, 0) is 28.9 Å². The second-order valence-electron chi connectivity index (χ2n) is 15.8. The topological polar surface area (TPSA) is 155 Å². The molecule has 1 unspecified atom stereocenters. The summed E-state index contributed by atoms with van der Waals surface area (Å²) in [6.07, 6.45) is 4.19. The van der Waals surface area contributed by atoms with Crippen molar-refractivity contribution in [3.63, 3.8) is 0 Å². The van der Waals surface area contributed by atoms with E-state index in [1.807, 2.05) is 104 Å². The van der Waals surface area contributed by atoms with E-state index in [1.165, 1.54) is 0 Å². The lowest BCUT2D eigenvalue weighted by atomic mass is 9.80. The van der Waals surface area contributed by atoms with Crippen molar-refractivity contribution in [1.29, 1.82) is 5.26 Å². The van der Waals surface area contributed by atoms with Crippen molar-refractivity contribution in [2.24, 2.45) is 5.92 Å². The van der Waals surface area contributed by atoms with Gasteiger partial charge in [-0.05, 0) is 81.7 Å². The molecule has 1 saturated heterocycles. The van der Waals surface area contributed by atoms with Gasteiger partial charge in [0.05, 0.1) is 58.0 Å². The minimum Gasteiger partial charge on any atom is -0.497 e. The Morgan fingerprint density at radius 3 is 2.11 bits per heavy atom. The fourth-order valence-electron chi connectivity index (χ4n) is 7.56. The van der Waals surface area contributed by atoms with Gasteiger partial charge in [0.25, 0.3) is 8.53 Å². The van der Waals surface area contributed by atoms with Gasteiger partial charge in [-0.1, -0.05) is 74.5 Å². The Labute approximate surface area is 366 Å². The molecule has 1 fully saturated rings. The van der Waals surface area contributed by atoms with Crippen molar-refractivity contribution in [2.45, 2.75) is 97.4 Å². The van der Waals surface area contributed by atoms with E-state index < -0.39 is 32.6 Å². The van der Waals surface area contributed by atoms with Crippen LogP contribution in [0, 0.1) is 17.2 Å². The van der Waals surface area contributed by atoms with Crippen molar-refractivity contribution < 1.29 is 32.8 Å². The van der Waals surface area contributed by atoms with Gasteiger partial charge in [0.15, 0.2) is 5.65 Å². The summed E-state index contributed by atoms with van der Waals surface area (Å²) in [4.78, 5) is 27.0. The predicted octanol–water partition coefficient (Wildman–Crippen LogP) is 9.43. The van der Waals surface area contributed by atoms with Crippen LogP contribution in [0.15, 0.2) is 91.3 Å². The molecule has 14 nitrogen and oxygen atoms in total. The second-order valence-corrected chi connectivity index (χ2v) is 17.2. The molecule has 3 aromatic carbocycles. The zero-order chi connectivity index (χ0) is 44.4. The number of amides is 1. The number of hydrogen-bond acceptors (Lipinski definition) is 12. The number of nitriles is 1. The fourth-order valence-corrected chi connectivity index (χ4v) is 9.32. The Balaban J connectivity index is 1.47. The molecule has 0 saturated carbocycles. The van der Waals surface area contributed by atoms with Crippen molar-refractivity contribution in [3.8, 4) is 17.6 Å². The minimum absolute atomic E-state index is 0.0747. The zero-order valence-electron chi connectivity index (χ0n) is 37.0. The maximum Gasteiger partial charge on any atom is 0.259 e. The van der Waals surface area contributed by atoms with Crippen molar-refractivity contribution in [1.82, 2.24) is 24.2 Å². The number of carbonyl (C=O) groups is 1. The molecule has 0 spiro atoms. The number of methoxy groups -OCH3 is 2. The van der Waals surface area contributed by atoms with E-state index in [2.05, 4.69) is 60.9 Å². The lowest BCUT2D eigenvalue weighted by molar-refractivity contribution is -0.118. The summed E-state index contributed by atoms with van der Waals surface area (Å²) < 4.78 is 43.2. The number of allylic oxidation sites excluding steroid dienone is 1. The van der Waals surface area contributed by atoms with E-state index in [-0.39, 0.29) is 49.5 Å². The van der Waals surface area contributed by atoms with Crippen molar-refractivity contribution in [2.75, 3.05) is 32.8 Å². The van der Waals surface area contributed by atoms with Crippen LogP contribution in [0.1, 0.15) is 89.9 Å². The van der Waals surface area contributed by atoms with Crippen LogP contribution in [0.25, 0.3) is 17.2 Å². The van der Waals surface area contributed by atoms with Gasteiger partial charge in [0.1, 0.15) is 34.9 Å². The van der Waals surface area contributed by atoms with Gasteiger partial charge in [-0.15, -0.1) is 0 Å². The fraction of sp³-hybridized carbons (Fsp3) is 0.426. The first-order chi connectivity index (χ1) is 29.9. The number of hydrogen-bond donors (Lipinski definition) is 1. The van der Waals surface area contributed by atoms with Gasteiger partial charge in [0.2, 0.25) is 11.9 Å². The molecule has 6 rings (SSSR count). The average Bonchev–Trinajstić information content (AvgIpc) is 3.88.